The summed E-state index contributed by atoms with van der Waals surface area (Å²) in [6.07, 6.45) is 0.582. The Morgan fingerprint density at radius 3 is 2.76 bits per heavy atom. The van der Waals surface area contributed by atoms with Crippen LogP contribution in [0, 0.1) is 0 Å². The molecule has 1 unspecified atom stereocenters. The molecule has 1 aliphatic rings. The lowest BCUT2D eigenvalue weighted by atomic mass is 9.96. The molecular weight excluding hydrogens is 262 g/mol. The van der Waals surface area contributed by atoms with E-state index in [1.165, 1.54) is 11.1 Å². The fourth-order valence-electron chi connectivity index (χ4n) is 2.90. The first-order valence-corrected chi connectivity index (χ1v) is 7.37. The van der Waals surface area contributed by atoms with Crippen LogP contribution >= 0.6 is 0 Å². The van der Waals surface area contributed by atoms with E-state index in [0.29, 0.717) is 6.54 Å². The number of benzene rings is 2. The number of rotatable bonds is 4. The molecule has 1 aliphatic heterocycles. The largest absolute Gasteiger partial charge is 0.497 e. The number of hydrogen-bond donors (Lipinski definition) is 1. The van der Waals surface area contributed by atoms with Crippen LogP contribution in [0.4, 0.5) is 0 Å². The van der Waals surface area contributed by atoms with Gasteiger partial charge in [0.1, 0.15) is 5.75 Å². The Hall–Kier alpha value is -1.84. The lowest BCUT2D eigenvalue weighted by Gasteiger charge is -2.32. The van der Waals surface area contributed by atoms with E-state index < -0.39 is 6.10 Å². The van der Waals surface area contributed by atoms with E-state index in [4.69, 9.17) is 4.74 Å². The molecule has 0 saturated heterocycles. The molecule has 2 aromatic carbocycles. The van der Waals surface area contributed by atoms with Crippen LogP contribution in [0.15, 0.2) is 48.5 Å². The third-order valence-electron chi connectivity index (χ3n) is 4.10. The molecule has 0 saturated carbocycles. The second kappa shape index (κ2) is 6.29. The number of methoxy groups -OCH3 is 1. The summed E-state index contributed by atoms with van der Waals surface area (Å²) in [4.78, 5) is 2.31. The zero-order valence-electron chi connectivity index (χ0n) is 12.3. The molecule has 1 N–H and O–H groups in total. The van der Waals surface area contributed by atoms with E-state index in [2.05, 4.69) is 35.2 Å². The SMILES string of the molecule is COc1ccc2c(c1)C(O)CN(CCc1ccccc1)C2. The number of aliphatic hydroxyl groups is 1. The lowest BCUT2D eigenvalue weighted by molar-refractivity contribution is 0.0928. The van der Waals surface area contributed by atoms with E-state index in [1.54, 1.807) is 7.11 Å². The zero-order valence-corrected chi connectivity index (χ0v) is 12.3. The minimum absolute atomic E-state index is 0.431. The maximum atomic E-state index is 10.4. The summed E-state index contributed by atoms with van der Waals surface area (Å²) in [7, 11) is 1.66. The van der Waals surface area contributed by atoms with Crippen LogP contribution in [0.3, 0.4) is 0 Å². The van der Waals surface area contributed by atoms with Gasteiger partial charge in [0.15, 0.2) is 0 Å². The molecule has 3 heteroatoms. The second-order valence-corrected chi connectivity index (χ2v) is 5.55. The van der Waals surface area contributed by atoms with Gasteiger partial charge in [-0.15, -0.1) is 0 Å². The van der Waals surface area contributed by atoms with Gasteiger partial charge in [-0.2, -0.15) is 0 Å². The quantitative estimate of drug-likeness (QED) is 0.936. The molecule has 1 atom stereocenters. The van der Waals surface area contributed by atoms with Gasteiger partial charge in [0.25, 0.3) is 0 Å². The normalized spacial score (nSPS) is 18.3. The predicted octanol–water partition coefficient (Wildman–Crippen LogP) is 2.79. The van der Waals surface area contributed by atoms with Crippen LogP contribution in [0.25, 0.3) is 0 Å². The van der Waals surface area contributed by atoms with Gasteiger partial charge in [0.05, 0.1) is 13.2 Å². The Morgan fingerprint density at radius 2 is 2.00 bits per heavy atom. The molecule has 0 bridgehead atoms. The third kappa shape index (κ3) is 3.26. The standard InChI is InChI=1S/C18H21NO2/c1-21-16-8-7-15-12-19(13-18(20)17(15)11-16)10-9-14-5-3-2-4-6-14/h2-8,11,18,20H,9-10,12-13H2,1H3. The summed E-state index contributed by atoms with van der Waals surface area (Å²) in [6.45, 7) is 2.54. The van der Waals surface area contributed by atoms with E-state index in [0.717, 1.165) is 30.8 Å². The molecule has 0 fully saturated rings. The van der Waals surface area contributed by atoms with Crippen molar-refractivity contribution < 1.29 is 9.84 Å². The highest BCUT2D eigenvalue weighted by molar-refractivity contribution is 5.38. The third-order valence-corrected chi connectivity index (χ3v) is 4.10. The smallest absolute Gasteiger partial charge is 0.119 e. The molecular formula is C18H21NO2. The van der Waals surface area contributed by atoms with Crippen molar-refractivity contribution in [2.24, 2.45) is 0 Å². The fraction of sp³-hybridized carbons (Fsp3) is 0.333. The van der Waals surface area contributed by atoms with Crippen molar-refractivity contribution in [3.8, 4) is 5.75 Å². The highest BCUT2D eigenvalue weighted by Crippen LogP contribution is 2.29. The molecule has 21 heavy (non-hydrogen) atoms. The van der Waals surface area contributed by atoms with Crippen LogP contribution in [0.2, 0.25) is 0 Å². The van der Waals surface area contributed by atoms with E-state index >= 15 is 0 Å². The molecule has 110 valence electrons. The van der Waals surface area contributed by atoms with Gasteiger partial charge in [-0.25, -0.2) is 0 Å². The van der Waals surface area contributed by atoms with Crippen molar-refractivity contribution in [2.75, 3.05) is 20.2 Å². The average Bonchev–Trinajstić information content (AvgIpc) is 2.54. The maximum absolute atomic E-state index is 10.4. The van der Waals surface area contributed by atoms with Crippen molar-refractivity contribution in [1.82, 2.24) is 4.90 Å². The Bertz CT molecular complexity index is 597. The fourth-order valence-corrected chi connectivity index (χ4v) is 2.90. The van der Waals surface area contributed by atoms with Gasteiger partial charge in [0, 0.05) is 19.6 Å². The average molecular weight is 283 g/mol. The van der Waals surface area contributed by atoms with Gasteiger partial charge in [-0.1, -0.05) is 36.4 Å². The second-order valence-electron chi connectivity index (χ2n) is 5.55. The molecule has 2 aromatic rings. The summed E-state index contributed by atoms with van der Waals surface area (Å²) in [6, 6.07) is 16.5. The number of β-amino-alcohol motifs (C(OH)–C–C–N with tert-alkyl or cyclic N) is 1. The molecule has 0 spiro atoms. The topological polar surface area (TPSA) is 32.7 Å². The summed E-state index contributed by atoms with van der Waals surface area (Å²) in [5, 5.41) is 10.4. The Kier molecular flexibility index (Phi) is 4.23. The van der Waals surface area contributed by atoms with E-state index in [9.17, 15) is 5.11 Å². The first kappa shape index (κ1) is 14.1. The van der Waals surface area contributed by atoms with Crippen molar-refractivity contribution in [3.05, 3.63) is 65.2 Å². The summed E-state index contributed by atoms with van der Waals surface area (Å²) < 4.78 is 5.24. The number of ether oxygens (including phenoxy) is 1. The van der Waals surface area contributed by atoms with E-state index in [-0.39, 0.29) is 0 Å². The van der Waals surface area contributed by atoms with Crippen LogP contribution < -0.4 is 4.74 Å². The molecule has 0 aromatic heterocycles. The summed E-state index contributed by atoms with van der Waals surface area (Å²) >= 11 is 0. The Balaban J connectivity index is 1.67. The Morgan fingerprint density at radius 1 is 1.19 bits per heavy atom. The highest BCUT2D eigenvalue weighted by atomic mass is 16.5. The first-order chi connectivity index (χ1) is 10.3. The highest BCUT2D eigenvalue weighted by Gasteiger charge is 2.23. The first-order valence-electron chi connectivity index (χ1n) is 7.37. The van der Waals surface area contributed by atoms with Gasteiger partial charge in [-0.05, 0) is 35.2 Å². The van der Waals surface area contributed by atoms with Crippen LogP contribution in [-0.4, -0.2) is 30.2 Å². The maximum Gasteiger partial charge on any atom is 0.119 e. The van der Waals surface area contributed by atoms with Crippen LogP contribution in [-0.2, 0) is 13.0 Å². The molecule has 3 rings (SSSR count). The molecule has 1 heterocycles. The summed E-state index contributed by atoms with van der Waals surface area (Å²) in [5.74, 6) is 0.811. The van der Waals surface area contributed by atoms with Crippen LogP contribution in [0.5, 0.6) is 5.75 Å². The molecule has 0 aliphatic carbocycles. The minimum Gasteiger partial charge on any atom is -0.497 e. The Labute approximate surface area is 125 Å². The summed E-state index contributed by atoms with van der Waals surface area (Å²) in [5.41, 5.74) is 3.54. The van der Waals surface area contributed by atoms with E-state index in [1.807, 2.05) is 18.2 Å². The van der Waals surface area contributed by atoms with Gasteiger partial charge >= 0.3 is 0 Å². The van der Waals surface area contributed by atoms with Crippen molar-refractivity contribution in [1.29, 1.82) is 0 Å². The van der Waals surface area contributed by atoms with Crippen molar-refractivity contribution in [2.45, 2.75) is 19.1 Å². The predicted molar refractivity (Wildman–Crippen MR) is 83.4 cm³/mol. The van der Waals surface area contributed by atoms with Crippen LogP contribution in [0.1, 0.15) is 22.8 Å². The number of hydrogen-bond acceptors (Lipinski definition) is 3. The zero-order chi connectivity index (χ0) is 14.7. The van der Waals surface area contributed by atoms with Crippen molar-refractivity contribution >= 4 is 0 Å². The van der Waals surface area contributed by atoms with Gasteiger partial charge < -0.3 is 9.84 Å². The van der Waals surface area contributed by atoms with Gasteiger partial charge in [0.2, 0.25) is 0 Å². The molecule has 3 nitrogen and oxygen atoms in total. The monoisotopic (exact) mass is 283 g/mol. The molecule has 0 radical (unpaired) electrons. The lowest BCUT2D eigenvalue weighted by Crippen LogP contribution is -2.35. The molecule has 0 amide bonds. The number of fused-ring (bicyclic) bond motifs is 1. The number of nitrogens with zero attached hydrogens (tertiary/aromatic N) is 1. The minimum atomic E-state index is -0.431. The number of aliphatic hydroxyl groups excluding tert-OH is 1. The van der Waals surface area contributed by atoms with Crippen molar-refractivity contribution in [3.63, 3.8) is 0 Å². The van der Waals surface area contributed by atoms with Gasteiger partial charge in [-0.3, -0.25) is 4.90 Å².